The SMILES string of the molecule is COCCN1CCN2C(=O)[C@H](Cc3ccccc3)N(Cc3ccc4cc[nH]c4c3)C[C@H]2C1=O. The van der Waals surface area contributed by atoms with E-state index in [0.717, 1.165) is 22.0 Å². The quantitative estimate of drug-likeness (QED) is 0.605. The van der Waals surface area contributed by atoms with Crippen LogP contribution in [-0.4, -0.2) is 83.5 Å². The Hall–Kier alpha value is -3.16. The molecule has 0 bridgehead atoms. The van der Waals surface area contributed by atoms with Crippen molar-refractivity contribution in [2.75, 3.05) is 39.9 Å². The third kappa shape index (κ3) is 4.38. The van der Waals surface area contributed by atoms with Crippen molar-refractivity contribution in [3.8, 4) is 0 Å². The minimum atomic E-state index is -0.440. The molecule has 2 atom stereocenters. The predicted octanol–water partition coefficient (Wildman–Crippen LogP) is 2.28. The van der Waals surface area contributed by atoms with E-state index in [4.69, 9.17) is 4.74 Å². The number of amides is 2. The van der Waals surface area contributed by atoms with Crippen LogP contribution in [0, 0.1) is 0 Å². The average molecular weight is 447 g/mol. The Morgan fingerprint density at radius 3 is 2.67 bits per heavy atom. The number of aromatic amines is 1. The maximum atomic E-state index is 13.7. The van der Waals surface area contributed by atoms with Crippen LogP contribution in [0.4, 0.5) is 0 Å². The van der Waals surface area contributed by atoms with Gasteiger partial charge in [-0.2, -0.15) is 0 Å². The van der Waals surface area contributed by atoms with Gasteiger partial charge in [0.05, 0.1) is 12.6 Å². The van der Waals surface area contributed by atoms with Crippen molar-refractivity contribution in [1.29, 1.82) is 0 Å². The van der Waals surface area contributed by atoms with Gasteiger partial charge in [0.1, 0.15) is 6.04 Å². The second-order valence-electron chi connectivity index (χ2n) is 8.90. The highest BCUT2D eigenvalue weighted by Crippen LogP contribution is 2.26. The van der Waals surface area contributed by atoms with Gasteiger partial charge in [0.25, 0.3) is 0 Å². The van der Waals surface area contributed by atoms with E-state index in [-0.39, 0.29) is 17.9 Å². The first kappa shape index (κ1) is 21.7. The van der Waals surface area contributed by atoms with Crippen molar-refractivity contribution in [1.82, 2.24) is 19.7 Å². The molecule has 172 valence electrons. The van der Waals surface area contributed by atoms with Crippen molar-refractivity contribution in [2.45, 2.75) is 25.0 Å². The van der Waals surface area contributed by atoms with Crippen molar-refractivity contribution < 1.29 is 14.3 Å². The first-order chi connectivity index (χ1) is 16.1. The molecule has 0 aliphatic carbocycles. The maximum Gasteiger partial charge on any atom is 0.246 e. The molecule has 2 saturated heterocycles. The van der Waals surface area contributed by atoms with E-state index in [9.17, 15) is 9.59 Å². The zero-order valence-corrected chi connectivity index (χ0v) is 18.9. The molecule has 3 heterocycles. The summed E-state index contributed by atoms with van der Waals surface area (Å²) in [5.74, 6) is 0.0745. The van der Waals surface area contributed by atoms with Crippen molar-refractivity contribution >= 4 is 22.7 Å². The van der Waals surface area contributed by atoms with Gasteiger partial charge in [0.2, 0.25) is 11.8 Å². The number of hydrogen-bond donors (Lipinski definition) is 1. The highest BCUT2D eigenvalue weighted by Gasteiger charge is 2.46. The van der Waals surface area contributed by atoms with Gasteiger partial charge in [-0.05, 0) is 35.1 Å². The minimum Gasteiger partial charge on any atom is -0.383 e. The fraction of sp³-hybridized carbons (Fsp3) is 0.385. The Bertz CT molecular complexity index is 1130. The van der Waals surface area contributed by atoms with Crippen molar-refractivity contribution in [2.24, 2.45) is 0 Å². The molecule has 0 spiro atoms. The number of aromatic nitrogens is 1. The number of nitrogens with zero attached hydrogens (tertiary/aromatic N) is 3. The Balaban J connectivity index is 1.42. The van der Waals surface area contributed by atoms with Gasteiger partial charge in [-0.15, -0.1) is 0 Å². The Labute approximate surface area is 193 Å². The highest BCUT2D eigenvalue weighted by molar-refractivity contribution is 5.92. The molecule has 7 heteroatoms. The van der Waals surface area contributed by atoms with Crippen LogP contribution in [0.25, 0.3) is 10.9 Å². The second kappa shape index (κ2) is 9.37. The molecule has 2 amide bonds. The Morgan fingerprint density at radius 2 is 1.85 bits per heavy atom. The normalized spacial score (nSPS) is 21.6. The van der Waals surface area contributed by atoms with Crippen molar-refractivity contribution in [3.63, 3.8) is 0 Å². The third-order valence-electron chi connectivity index (χ3n) is 6.84. The van der Waals surface area contributed by atoms with Gasteiger partial charge < -0.3 is 19.5 Å². The third-order valence-corrected chi connectivity index (χ3v) is 6.84. The molecule has 5 rings (SSSR count). The van der Waals surface area contributed by atoms with E-state index in [2.05, 4.69) is 46.3 Å². The standard InChI is InChI=1S/C26H30N4O3/c1-33-14-13-28-11-12-30-24(25(28)31)18-29(17-20-7-8-21-9-10-27-22(21)15-20)23(26(30)32)16-19-5-3-2-4-6-19/h2-10,15,23-24,27H,11-14,16-18H2,1H3/t23-,24-/m0/s1. The van der Waals surface area contributed by atoms with Crippen LogP contribution in [-0.2, 0) is 27.3 Å². The number of benzene rings is 2. The Morgan fingerprint density at radius 1 is 1.00 bits per heavy atom. The lowest BCUT2D eigenvalue weighted by Crippen LogP contribution is -2.69. The smallest absolute Gasteiger partial charge is 0.246 e. The molecule has 33 heavy (non-hydrogen) atoms. The van der Waals surface area contributed by atoms with Crippen LogP contribution >= 0.6 is 0 Å². The lowest BCUT2D eigenvalue weighted by Gasteiger charge is -2.49. The van der Waals surface area contributed by atoms with Gasteiger partial charge in [0, 0.05) is 51.5 Å². The molecular formula is C26H30N4O3. The topological polar surface area (TPSA) is 68.9 Å². The van der Waals surface area contributed by atoms with Crippen LogP contribution in [0.3, 0.4) is 0 Å². The lowest BCUT2D eigenvalue weighted by atomic mass is 9.95. The summed E-state index contributed by atoms with van der Waals surface area (Å²) in [7, 11) is 1.64. The summed E-state index contributed by atoms with van der Waals surface area (Å²) < 4.78 is 5.17. The number of methoxy groups -OCH3 is 1. The average Bonchev–Trinajstić information content (AvgIpc) is 3.30. The molecule has 3 aromatic rings. The Kier molecular flexibility index (Phi) is 6.15. The molecule has 1 N–H and O–H groups in total. The lowest BCUT2D eigenvalue weighted by molar-refractivity contribution is -0.162. The van der Waals surface area contributed by atoms with E-state index in [1.165, 1.54) is 0 Å². The van der Waals surface area contributed by atoms with Gasteiger partial charge in [-0.3, -0.25) is 14.5 Å². The fourth-order valence-corrected chi connectivity index (χ4v) is 5.06. The number of ether oxygens (including phenoxy) is 1. The van der Waals surface area contributed by atoms with Gasteiger partial charge in [-0.1, -0.05) is 42.5 Å². The summed E-state index contributed by atoms with van der Waals surface area (Å²) in [5, 5.41) is 1.16. The zero-order valence-electron chi connectivity index (χ0n) is 18.9. The van der Waals surface area contributed by atoms with Gasteiger partial charge in [-0.25, -0.2) is 0 Å². The number of nitrogens with one attached hydrogen (secondary N) is 1. The molecule has 7 nitrogen and oxygen atoms in total. The van der Waals surface area contributed by atoms with Crippen LogP contribution in [0.5, 0.6) is 0 Å². The summed E-state index contributed by atoms with van der Waals surface area (Å²) in [5.41, 5.74) is 3.34. The van der Waals surface area contributed by atoms with E-state index in [1.54, 1.807) is 7.11 Å². The number of carbonyl (C=O) groups excluding carboxylic acids is 2. The van der Waals surface area contributed by atoms with Crippen LogP contribution in [0.1, 0.15) is 11.1 Å². The van der Waals surface area contributed by atoms with E-state index < -0.39 is 6.04 Å². The molecule has 0 radical (unpaired) electrons. The van der Waals surface area contributed by atoms with Crippen LogP contribution < -0.4 is 0 Å². The second-order valence-corrected chi connectivity index (χ2v) is 8.90. The number of piperazine rings is 2. The molecule has 0 unspecified atom stereocenters. The molecular weight excluding hydrogens is 416 g/mol. The monoisotopic (exact) mass is 446 g/mol. The number of hydrogen-bond acceptors (Lipinski definition) is 4. The molecule has 2 aliphatic heterocycles. The molecule has 2 fully saturated rings. The maximum absolute atomic E-state index is 13.7. The molecule has 2 aromatic carbocycles. The minimum absolute atomic E-state index is 0.0228. The summed E-state index contributed by atoms with van der Waals surface area (Å²) >= 11 is 0. The van der Waals surface area contributed by atoms with Gasteiger partial charge in [0.15, 0.2) is 0 Å². The first-order valence-corrected chi connectivity index (χ1v) is 11.6. The first-order valence-electron chi connectivity index (χ1n) is 11.6. The zero-order chi connectivity index (χ0) is 22.8. The predicted molar refractivity (Wildman–Crippen MR) is 127 cm³/mol. The number of fused-ring (bicyclic) bond motifs is 2. The molecule has 0 saturated carbocycles. The summed E-state index contributed by atoms with van der Waals surface area (Å²) in [6, 6.07) is 17.8. The summed E-state index contributed by atoms with van der Waals surface area (Å²) in [4.78, 5) is 36.0. The van der Waals surface area contributed by atoms with Crippen LogP contribution in [0.15, 0.2) is 60.8 Å². The molecule has 1 aromatic heterocycles. The van der Waals surface area contributed by atoms with Crippen molar-refractivity contribution in [3.05, 3.63) is 71.9 Å². The number of rotatable bonds is 7. The summed E-state index contributed by atoms with van der Waals surface area (Å²) in [6.45, 7) is 3.36. The number of carbonyl (C=O) groups is 2. The van der Waals surface area contributed by atoms with Gasteiger partial charge >= 0.3 is 0 Å². The number of H-pyrrole nitrogens is 1. The summed E-state index contributed by atoms with van der Waals surface area (Å²) in [6.07, 6.45) is 2.57. The van der Waals surface area contributed by atoms with E-state index in [0.29, 0.717) is 45.8 Å². The van der Waals surface area contributed by atoms with E-state index in [1.807, 2.05) is 34.2 Å². The van der Waals surface area contributed by atoms with E-state index >= 15 is 0 Å². The largest absolute Gasteiger partial charge is 0.383 e. The van der Waals surface area contributed by atoms with Crippen LogP contribution in [0.2, 0.25) is 0 Å². The molecule has 2 aliphatic rings. The fourth-order valence-electron chi connectivity index (χ4n) is 5.06. The highest BCUT2D eigenvalue weighted by atomic mass is 16.5.